The number of hydrogen-bond donors (Lipinski definition) is 1. The molecule has 90 valence electrons. The standard InChI is InChI=1S/C11H19N3O2/c1-4-11(2,15-3)10-13-9(16-14-10)8-5-6-12-7-8/h8,12H,4-7H2,1-3H3. The molecule has 16 heavy (non-hydrogen) atoms. The van der Waals surface area contributed by atoms with Crippen molar-refractivity contribution in [2.24, 2.45) is 0 Å². The van der Waals surface area contributed by atoms with E-state index in [1.165, 1.54) is 0 Å². The van der Waals surface area contributed by atoms with Crippen LogP contribution in [0.4, 0.5) is 0 Å². The summed E-state index contributed by atoms with van der Waals surface area (Å²) in [6, 6.07) is 0. The Balaban J connectivity index is 2.17. The molecule has 1 aliphatic rings. The fourth-order valence-corrected chi connectivity index (χ4v) is 1.87. The van der Waals surface area contributed by atoms with Gasteiger partial charge in [0.1, 0.15) is 5.60 Å². The zero-order valence-corrected chi connectivity index (χ0v) is 10.1. The molecule has 2 atom stereocenters. The van der Waals surface area contributed by atoms with Crippen LogP contribution < -0.4 is 5.32 Å². The molecule has 1 saturated heterocycles. The Morgan fingerprint density at radius 3 is 3.00 bits per heavy atom. The zero-order chi connectivity index (χ0) is 11.6. The molecule has 1 aromatic rings. The highest BCUT2D eigenvalue weighted by atomic mass is 16.5. The van der Waals surface area contributed by atoms with E-state index in [0.29, 0.717) is 11.7 Å². The van der Waals surface area contributed by atoms with E-state index in [2.05, 4.69) is 22.4 Å². The number of aromatic nitrogens is 2. The lowest BCUT2D eigenvalue weighted by atomic mass is 10.0. The van der Waals surface area contributed by atoms with Gasteiger partial charge in [-0.05, 0) is 26.3 Å². The van der Waals surface area contributed by atoms with Crippen LogP contribution in [-0.4, -0.2) is 30.3 Å². The first-order valence-corrected chi connectivity index (χ1v) is 5.79. The summed E-state index contributed by atoms with van der Waals surface area (Å²) in [6.07, 6.45) is 1.89. The van der Waals surface area contributed by atoms with Crippen LogP contribution in [-0.2, 0) is 10.3 Å². The number of rotatable bonds is 4. The molecule has 1 N–H and O–H groups in total. The number of hydrogen-bond acceptors (Lipinski definition) is 5. The molecule has 0 saturated carbocycles. The minimum atomic E-state index is -0.437. The molecule has 0 radical (unpaired) electrons. The first-order valence-electron chi connectivity index (χ1n) is 5.79. The van der Waals surface area contributed by atoms with Crippen molar-refractivity contribution in [3.8, 4) is 0 Å². The number of methoxy groups -OCH3 is 1. The van der Waals surface area contributed by atoms with Gasteiger partial charge in [-0.25, -0.2) is 0 Å². The smallest absolute Gasteiger partial charge is 0.231 e. The van der Waals surface area contributed by atoms with Crippen molar-refractivity contribution in [2.75, 3.05) is 20.2 Å². The molecular formula is C11H19N3O2. The fourth-order valence-electron chi connectivity index (χ4n) is 1.87. The van der Waals surface area contributed by atoms with Crippen LogP contribution in [0.3, 0.4) is 0 Å². The Labute approximate surface area is 95.6 Å². The van der Waals surface area contributed by atoms with Crippen LogP contribution in [0, 0.1) is 0 Å². The molecule has 5 nitrogen and oxygen atoms in total. The first kappa shape index (κ1) is 11.5. The van der Waals surface area contributed by atoms with Gasteiger partial charge >= 0.3 is 0 Å². The summed E-state index contributed by atoms with van der Waals surface area (Å²) < 4.78 is 10.8. The van der Waals surface area contributed by atoms with Gasteiger partial charge in [0.05, 0.1) is 5.92 Å². The molecule has 0 amide bonds. The van der Waals surface area contributed by atoms with Gasteiger partial charge in [0, 0.05) is 13.7 Å². The van der Waals surface area contributed by atoms with Gasteiger partial charge in [0.25, 0.3) is 0 Å². The topological polar surface area (TPSA) is 60.2 Å². The zero-order valence-electron chi connectivity index (χ0n) is 10.1. The van der Waals surface area contributed by atoms with Crippen LogP contribution in [0.2, 0.25) is 0 Å². The summed E-state index contributed by atoms with van der Waals surface area (Å²) in [6.45, 7) is 5.99. The number of ether oxygens (including phenoxy) is 1. The van der Waals surface area contributed by atoms with E-state index in [0.717, 1.165) is 31.8 Å². The van der Waals surface area contributed by atoms with E-state index in [4.69, 9.17) is 9.26 Å². The van der Waals surface area contributed by atoms with Crippen LogP contribution in [0.5, 0.6) is 0 Å². The Morgan fingerprint density at radius 2 is 2.44 bits per heavy atom. The molecule has 1 aliphatic heterocycles. The molecule has 1 fully saturated rings. The average Bonchev–Trinajstić information content (AvgIpc) is 2.97. The Morgan fingerprint density at radius 1 is 1.62 bits per heavy atom. The molecule has 2 heterocycles. The second-order valence-electron chi connectivity index (χ2n) is 4.43. The predicted molar refractivity (Wildman–Crippen MR) is 59.2 cm³/mol. The SMILES string of the molecule is CCC(C)(OC)c1noc(C2CCNC2)n1. The second-order valence-corrected chi connectivity index (χ2v) is 4.43. The van der Waals surface area contributed by atoms with Gasteiger partial charge in [-0.3, -0.25) is 0 Å². The van der Waals surface area contributed by atoms with Crippen molar-refractivity contribution in [3.63, 3.8) is 0 Å². The largest absolute Gasteiger partial charge is 0.370 e. The summed E-state index contributed by atoms with van der Waals surface area (Å²) in [5.41, 5.74) is -0.437. The molecule has 2 unspecified atom stereocenters. The van der Waals surface area contributed by atoms with Crippen molar-refractivity contribution in [1.29, 1.82) is 0 Å². The monoisotopic (exact) mass is 225 g/mol. The van der Waals surface area contributed by atoms with E-state index in [9.17, 15) is 0 Å². The quantitative estimate of drug-likeness (QED) is 0.839. The minimum absolute atomic E-state index is 0.360. The lowest BCUT2D eigenvalue weighted by Gasteiger charge is -2.21. The maximum absolute atomic E-state index is 5.45. The summed E-state index contributed by atoms with van der Waals surface area (Å²) in [7, 11) is 1.68. The van der Waals surface area contributed by atoms with Crippen molar-refractivity contribution in [3.05, 3.63) is 11.7 Å². The van der Waals surface area contributed by atoms with Crippen molar-refractivity contribution in [1.82, 2.24) is 15.5 Å². The van der Waals surface area contributed by atoms with E-state index in [1.807, 2.05) is 6.92 Å². The molecular weight excluding hydrogens is 206 g/mol. The van der Waals surface area contributed by atoms with Crippen LogP contribution >= 0.6 is 0 Å². The average molecular weight is 225 g/mol. The van der Waals surface area contributed by atoms with E-state index >= 15 is 0 Å². The van der Waals surface area contributed by atoms with Gasteiger partial charge < -0.3 is 14.6 Å². The normalized spacial score (nSPS) is 24.6. The van der Waals surface area contributed by atoms with Gasteiger partial charge in [0.15, 0.2) is 0 Å². The van der Waals surface area contributed by atoms with E-state index in [1.54, 1.807) is 7.11 Å². The molecule has 1 aromatic heterocycles. The van der Waals surface area contributed by atoms with Gasteiger partial charge in [-0.1, -0.05) is 12.1 Å². The summed E-state index contributed by atoms with van der Waals surface area (Å²) in [5, 5.41) is 7.32. The Hall–Kier alpha value is -0.940. The van der Waals surface area contributed by atoms with Gasteiger partial charge in [0.2, 0.25) is 11.7 Å². The van der Waals surface area contributed by atoms with Crippen molar-refractivity contribution < 1.29 is 9.26 Å². The number of nitrogens with zero attached hydrogens (tertiary/aromatic N) is 2. The third-order valence-corrected chi connectivity index (χ3v) is 3.45. The highest BCUT2D eigenvalue weighted by Crippen LogP contribution is 2.28. The maximum atomic E-state index is 5.45. The molecule has 0 aliphatic carbocycles. The van der Waals surface area contributed by atoms with Crippen LogP contribution in [0.1, 0.15) is 44.3 Å². The van der Waals surface area contributed by atoms with E-state index in [-0.39, 0.29) is 0 Å². The minimum Gasteiger partial charge on any atom is -0.370 e. The fraction of sp³-hybridized carbons (Fsp3) is 0.818. The molecule has 0 spiro atoms. The Bertz CT molecular complexity index is 341. The third kappa shape index (κ3) is 1.97. The predicted octanol–water partition coefficient (Wildman–Crippen LogP) is 1.42. The summed E-state index contributed by atoms with van der Waals surface area (Å²) >= 11 is 0. The second kappa shape index (κ2) is 4.51. The summed E-state index contributed by atoms with van der Waals surface area (Å²) in [5.74, 6) is 1.75. The molecule has 0 bridgehead atoms. The third-order valence-electron chi connectivity index (χ3n) is 3.45. The van der Waals surface area contributed by atoms with Crippen LogP contribution in [0.15, 0.2) is 4.52 Å². The van der Waals surface area contributed by atoms with Gasteiger partial charge in [-0.2, -0.15) is 4.98 Å². The Kier molecular flexibility index (Phi) is 3.25. The summed E-state index contributed by atoms with van der Waals surface area (Å²) in [4.78, 5) is 4.46. The molecule has 2 rings (SSSR count). The lowest BCUT2D eigenvalue weighted by molar-refractivity contribution is -0.0106. The van der Waals surface area contributed by atoms with E-state index < -0.39 is 5.60 Å². The van der Waals surface area contributed by atoms with Crippen molar-refractivity contribution in [2.45, 2.75) is 38.2 Å². The highest BCUT2D eigenvalue weighted by molar-refractivity contribution is 5.03. The first-order chi connectivity index (χ1) is 7.69. The maximum Gasteiger partial charge on any atom is 0.231 e. The van der Waals surface area contributed by atoms with Gasteiger partial charge in [-0.15, -0.1) is 0 Å². The number of nitrogens with one attached hydrogen (secondary N) is 1. The van der Waals surface area contributed by atoms with Crippen molar-refractivity contribution >= 4 is 0 Å². The highest BCUT2D eigenvalue weighted by Gasteiger charge is 2.32. The molecule has 5 heteroatoms. The lowest BCUT2D eigenvalue weighted by Crippen LogP contribution is -2.25. The van der Waals surface area contributed by atoms with Crippen LogP contribution in [0.25, 0.3) is 0 Å². The molecule has 0 aromatic carbocycles.